The maximum atomic E-state index is 6.60. The van der Waals surface area contributed by atoms with Crippen LogP contribution in [0.25, 0.3) is 11.4 Å². The summed E-state index contributed by atoms with van der Waals surface area (Å²) in [5.74, 6) is 0.469. The summed E-state index contributed by atoms with van der Waals surface area (Å²) in [5.41, 5.74) is 5.14. The third-order valence-electron chi connectivity index (χ3n) is 8.67. The Bertz CT molecular complexity index is 1780. The number of aryl methyl sites for hydroxylation is 1. The molecule has 5 aromatic rings. The number of hydrogen-bond donors (Lipinski definition) is 0. The van der Waals surface area contributed by atoms with Crippen molar-refractivity contribution in [2.24, 2.45) is 0 Å². The molecule has 11 heteroatoms. The molecule has 0 unspecified atom stereocenters. The highest BCUT2D eigenvalue weighted by Crippen LogP contribution is 2.40. The van der Waals surface area contributed by atoms with Crippen molar-refractivity contribution in [3.05, 3.63) is 125 Å². The van der Waals surface area contributed by atoms with Gasteiger partial charge in [0.1, 0.15) is 18.5 Å². The van der Waals surface area contributed by atoms with Crippen molar-refractivity contribution in [3.8, 4) is 17.1 Å². The highest BCUT2D eigenvalue weighted by atomic mass is 35.5. The predicted octanol–water partition coefficient (Wildman–Crippen LogP) is 6.62. The van der Waals surface area contributed by atoms with Gasteiger partial charge < -0.3 is 23.7 Å². The quantitative estimate of drug-likeness (QED) is 0.164. The zero-order chi connectivity index (χ0) is 32.2. The van der Waals surface area contributed by atoms with Gasteiger partial charge in [-0.25, -0.2) is 15.0 Å². The fourth-order valence-corrected chi connectivity index (χ4v) is 6.65. The summed E-state index contributed by atoms with van der Waals surface area (Å²) in [5, 5.41) is 1.03. The number of nitrogens with zero attached hydrogens (tertiary/aromatic N) is 6. The minimum absolute atomic E-state index is 0.290. The largest absolute Gasteiger partial charge is 0.491 e. The molecule has 47 heavy (non-hydrogen) atoms. The maximum absolute atomic E-state index is 6.60. The summed E-state index contributed by atoms with van der Waals surface area (Å²) in [6.45, 7) is 7.84. The topological polar surface area (TPSA) is 77.8 Å². The van der Waals surface area contributed by atoms with E-state index in [1.54, 1.807) is 24.7 Å². The van der Waals surface area contributed by atoms with Crippen LogP contribution in [0.5, 0.6) is 5.75 Å². The number of hydrogen-bond acceptors (Lipinski definition) is 8. The highest BCUT2D eigenvalue weighted by Gasteiger charge is 2.45. The lowest BCUT2D eigenvalue weighted by Crippen LogP contribution is -2.46. The van der Waals surface area contributed by atoms with E-state index in [1.807, 2.05) is 65.5 Å². The smallest absolute Gasteiger partial charge is 0.215 e. The molecule has 0 spiro atoms. The van der Waals surface area contributed by atoms with E-state index in [0.29, 0.717) is 35.4 Å². The van der Waals surface area contributed by atoms with Crippen molar-refractivity contribution in [2.45, 2.75) is 31.9 Å². The molecule has 2 fully saturated rings. The molecule has 9 nitrogen and oxygen atoms in total. The molecule has 0 amide bonds. The fraction of sp³-hybridized carbons (Fsp3) is 0.306. The molecule has 2 aliphatic rings. The molecular formula is C36H36Cl2N6O3. The van der Waals surface area contributed by atoms with Crippen molar-refractivity contribution in [1.82, 2.24) is 24.4 Å². The minimum atomic E-state index is -1.08. The predicted molar refractivity (Wildman–Crippen MR) is 183 cm³/mol. The van der Waals surface area contributed by atoms with Crippen LogP contribution in [0, 0.1) is 6.92 Å². The van der Waals surface area contributed by atoms with Crippen LogP contribution in [-0.4, -0.2) is 69.9 Å². The van der Waals surface area contributed by atoms with Crippen LogP contribution in [0.1, 0.15) is 16.8 Å². The van der Waals surface area contributed by atoms with Crippen LogP contribution in [0.3, 0.4) is 0 Å². The number of rotatable bonds is 10. The Hall–Kier alpha value is -3.99. The van der Waals surface area contributed by atoms with E-state index >= 15 is 0 Å². The van der Waals surface area contributed by atoms with E-state index in [1.165, 1.54) is 11.3 Å². The summed E-state index contributed by atoms with van der Waals surface area (Å²) < 4.78 is 20.9. The van der Waals surface area contributed by atoms with Crippen LogP contribution in [0.2, 0.25) is 10.0 Å². The molecule has 0 radical (unpaired) electrons. The number of benzene rings is 3. The zero-order valence-electron chi connectivity index (χ0n) is 26.1. The number of imidazole rings is 1. The second-order valence-electron chi connectivity index (χ2n) is 11.9. The lowest BCUT2D eigenvalue weighted by atomic mass is 10.1. The minimum Gasteiger partial charge on any atom is -0.491 e. The van der Waals surface area contributed by atoms with Gasteiger partial charge in [-0.05, 0) is 43.3 Å². The monoisotopic (exact) mass is 670 g/mol. The number of anilines is 1. The first-order valence-electron chi connectivity index (χ1n) is 15.8. The summed E-state index contributed by atoms with van der Waals surface area (Å²) in [7, 11) is 0. The molecule has 0 bridgehead atoms. The van der Waals surface area contributed by atoms with Crippen molar-refractivity contribution < 1.29 is 14.2 Å². The van der Waals surface area contributed by atoms with Gasteiger partial charge in [-0.2, -0.15) is 0 Å². The van der Waals surface area contributed by atoms with E-state index < -0.39 is 5.79 Å². The van der Waals surface area contributed by atoms with Gasteiger partial charge in [0.15, 0.2) is 5.82 Å². The Morgan fingerprint density at radius 2 is 1.79 bits per heavy atom. The number of aromatic nitrogens is 4. The van der Waals surface area contributed by atoms with Gasteiger partial charge >= 0.3 is 0 Å². The first-order chi connectivity index (χ1) is 22.9. The summed E-state index contributed by atoms with van der Waals surface area (Å²) in [6.07, 6.45) is 7.00. The Labute approximate surface area is 284 Å². The van der Waals surface area contributed by atoms with Crippen molar-refractivity contribution in [2.75, 3.05) is 44.3 Å². The Morgan fingerprint density at radius 3 is 2.51 bits per heavy atom. The second-order valence-corrected chi connectivity index (χ2v) is 12.7. The Morgan fingerprint density at radius 1 is 0.979 bits per heavy atom. The van der Waals surface area contributed by atoms with E-state index in [-0.39, 0.29) is 6.10 Å². The lowest BCUT2D eigenvalue weighted by Gasteiger charge is -2.36. The molecule has 0 saturated carbocycles. The van der Waals surface area contributed by atoms with Gasteiger partial charge in [-0.3, -0.25) is 4.90 Å². The molecule has 4 heterocycles. The molecule has 7 rings (SSSR count). The molecule has 242 valence electrons. The molecule has 3 aromatic carbocycles. The van der Waals surface area contributed by atoms with Gasteiger partial charge in [0, 0.05) is 84.4 Å². The summed E-state index contributed by atoms with van der Waals surface area (Å²) >= 11 is 12.8. The van der Waals surface area contributed by atoms with Crippen molar-refractivity contribution >= 4 is 28.9 Å². The molecule has 2 aromatic heterocycles. The van der Waals surface area contributed by atoms with Crippen LogP contribution in [0.4, 0.5) is 5.69 Å². The normalized spacial score (nSPS) is 20.1. The molecule has 2 saturated heterocycles. The maximum Gasteiger partial charge on any atom is 0.215 e. The molecular weight excluding hydrogens is 635 g/mol. The molecule has 0 N–H and O–H groups in total. The summed E-state index contributed by atoms with van der Waals surface area (Å²) in [6, 6.07) is 23.7. The van der Waals surface area contributed by atoms with Crippen molar-refractivity contribution in [1.29, 1.82) is 0 Å². The SMILES string of the molecule is Cc1nc(-c2ccccc2)ncc1CN1CCN(c2ccc(OC[C@@H]3CO[C@@](Cn4ccnc4)(c4ccc(Cl)cc4Cl)O3)cc2)CC1. The van der Waals surface area contributed by atoms with Crippen molar-refractivity contribution in [3.63, 3.8) is 0 Å². The van der Waals surface area contributed by atoms with Gasteiger partial charge in [0.2, 0.25) is 5.79 Å². The standard InChI is InChI=1S/C36H36Cl2N6O3/c1-26-28(20-40-35(41-26)27-5-3-2-4-6-27)21-42-15-17-44(18-16-42)30-8-10-31(11-9-30)45-22-32-23-46-36(47-32,24-43-14-13-39-25-43)33-12-7-29(37)19-34(33)38/h2-14,19-20,25,32H,15-18,21-24H2,1H3/t32-,36-/m1/s1. The molecule has 2 atom stereocenters. The Balaban J connectivity index is 0.916. The molecule has 0 aliphatic carbocycles. The fourth-order valence-electron chi connectivity index (χ4n) is 6.10. The average Bonchev–Trinajstić information content (AvgIpc) is 3.76. The average molecular weight is 672 g/mol. The van der Waals surface area contributed by atoms with Crippen LogP contribution in [0.15, 0.2) is 97.7 Å². The van der Waals surface area contributed by atoms with Gasteiger partial charge in [-0.1, -0.05) is 59.6 Å². The number of piperazine rings is 1. The van der Waals surface area contributed by atoms with Crippen LogP contribution in [-0.2, 0) is 28.4 Å². The third-order valence-corrected chi connectivity index (χ3v) is 9.22. The number of halogens is 2. The van der Waals surface area contributed by atoms with Gasteiger partial charge in [0.25, 0.3) is 0 Å². The lowest BCUT2D eigenvalue weighted by molar-refractivity contribution is -0.189. The Kier molecular flexibility index (Phi) is 9.42. The number of ether oxygens (including phenoxy) is 3. The first kappa shape index (κ1) is 31.6. The van der Waals surface area contributed by atoms with E-state index in [0.717, 1.165) is 55.6 Å². The van der Waals surface area contributed by atoms with Gasteiger partial charge in [-0.15, -0.1) is 0 Å². The third kappa shape index (κ3) is 7.30. The van der Waals surface area contributed by atoms with Crippen LogP contribution >= 0.6 is 23.2 Å². The highest BCUT2D eigenvalue weighted by molar-refractivity contribution is 6.35. The van der Waals surface area contributed by atoms with E-state index in [4.69, 9.17) is 42.4 Å². The zero-order valence-corrected chi connectivity index (χ0v) is 27.6. The summed E-state index contributed by atoms with van der Waals surface area (Å²) in [4.78, 5) is 18.5. The van der Waals surface area contributed by atoms with E-state index in [9.17, 15) is 0 Å². The molecule has 2 aliphatic heterocycles. The van der Waals surface area contributed by atoms with E-state index in [2.05, 4.69) is 38.8 Å². The van der Waals surface area contributed by atoms with Crippen LogP contribution < -0.4 is 9.64 Å². The van der Waals surface area contributed by atoms with Gasteiger partial charge in [0.05, 0.1) is 24.5 Å². The second kappa shape index (κ2) is 14.0. The first-order valence-corrected chi connectivity index (χ1v) is 16.5.